The molecule has 0 N–H and O–H groups in total. The number of hydrogen-bond acceptors (Lipinski definition) is 2. The average Bonchev–Trinajstić information content (AvgIpc) is 2.32. The van der Waals surface area contributed by atoms with Gasteiger partial charge >= 0.3 is 0 Å². The fraction of sp³-hybridized carbons (Fsp3) is 0.308. The molecule has 0 aliphatic heterocycles. The van der Waals surface area contributed by atoms with Crippen LogP contribution in [0.15, 0.2) is 18.2 Å². The molecular formula is C13H14BrNO. The standard InChI is InChI=1S/C13H14BrNO/c1-8-4-5-9(2)12-11(8)6-10(7-14)13(15-12)16-3/h4-6H,7H2,1-3H3. The Balaban J connectivity index is 2.82. The number of alkyl halides is 1. The van der Waals surface area contributed by atoms with Gasteiger partial charge in [0.2, 0.25) is 5.88 Å². The molecule has 0 saturated carbocycles. The minimum Gasteiger partial charge on any atom is -0.481 e. The van der Waals surface area contributed by atoms with E-state index in [1.165, 1.54) is 16.5 Å². The molecule has 0 aliphatic carbocycles. The largest absolute Gasteiger partial charge is 0.481 e. The maximum atomic E-state index is 5.30. The minimum atomic E-state index is 0.707. The van der Waals surface area contributed by atoms with E-state index in [2.05, 4.69) is 53.0 Å². The van der Waals surface area contributed by atoms with Gasteiger partial charge in [-0.2, -0.15) is 0 Å². The number of nitrogens with zero attached hydrogens (tertiary/aromatic N) is 1. The molecule has 0 amide bonds. The van der Waals surface area contributed by atoms with Crippen LogP contribution in [0.1, 0.15) is 16.7 Å². The number of hydrogen-bond donors (Lipinski definition) is 0. The van der Waals surface area contributed by atoms with Crippen molar-refractivity contribution >= 4 is 26.8 Å². The molecule has 1 aromatic carbocycles. The lowest BCUT2D eigenvalue weighted by atomic mass is 10.0. The van der Waals surface area contributed by atoms with Crippen LogP contribution in [-0.2, 0) is 5.33 Å². The molecule has 2 aromatic rings. The Hall–Kier alpha value is -1.09. The Labute approximate surface area is 104 Å². The van der Waals surface area contributed by atoms with E-state index in [9.17, 15) is 0 Å². The maximum Gasteiger partial charge on any atom is 0.217 e. The van der Waals surface area contributed by atoms with Gasteiger partial charge in [0.1, 0.15) is 0 Å². The Morgan fingerprint density at radius 2 is 1.94 bits per heavy atom. The molecular weight excluding hydrogens is 266 g/mol. The van der Waals surface area contributed by atoms with E-state index in [0.717, 1.165) is 16.4 Å². The smallest absolute Gasteiger partial charge is 0.217 e. The number of aromatic nitrogens is 1. The lowest BCUT2D eigenvalue weighted by Crippen LogP contribution is -1.96. The van der Waals surface area contributed by atoms with Crippen molar-refractivity contribution < 1.29 is 4.74 Å². The molecule has 1 aromatic heterocycles. The van der Waals surface area contributed by atoms with Crippen LogP contribution in [0.4, 0.5) is 0 Å². The first-order valence-corrected chi connectivity index (χ1v) is 6.29. The molecule has 0 saturated heterocycles. The highest BCUT2D eigenvalue weighted by molar-refractivity contribution is 9.08. The molecule has 0 fully saturated rings. The van der Waals surface area contributed by atoms with Gasteiger partial charge < -0.3 is 4.74 Å². The lowest BCUT2D eigenvalue weighted by Gasteiger charge is -2.10. The number of pyridine rings is 1. The molecule has 0 atom stereocenters. The highest BCUT2D eigenvalue weighted by Gasteiger charge is 2.09. The van der Waals surface area contributed by atoms with E-state index in [4.69, 9.17) is 4.74 Å². The van der Waals surface area contributed by atoms with Gasteiger partial charge in [-0.15, -0.1) is 0 Å². The first-order valence-electron chi connectivity index (χ1n) is 5.17. The van der Waals surface area contributed by atoms with E-state index >= 15 is 0 Å². The fourth-order valence-electron chi connectivity index (χ4n) is 1.83. The molecule has 2 rings (SSSR count). The molecule has 0 radical (unpaired) electrons. The highest BCUT2D eigenvalue weighted by atomic mass is 79.9. The van der Waals surface area contributed by atoms with Crippen molar-refractivity contribution in [2.24, 2.45) is 0 Å². The number of ether oxygens (including phenoxy) is 1. The predicted molar refractivity (Wildman–Crippen MR) is 70.4 cm³/mol. The number of benzene rings is 1. The summed E-state index contributed by atoms with van der Waals surface area (Å²) < 4.78 is 5.30. The molecule has 0 aliphatic rings. The Morgan fingerprint density at radius 3 is 2.56 bits per heavy atom. The van der Waals surface area contributed by atoms with Crippen molar-refractivity contribution in [3.05, 3.63) is 34.9 Å². The molecule has 2 nitrogen and oxygen atoms in total. The van der Waals surface area contributed by atoms with Crippen LogP contribution >= 0.6 is 15.9 Å². The Morgan fingerprint density at radius 1 is 1.25 bits per heavy atom. The lowest BCUT2D eigenvalue weighted by molar-refractivity contribution is 0.396. The van der Waals surface area contributed by atoms with Gasteiger partial charge in [0.15, 0.2) is 0 Å². The second kappa shape index (κ2) is 4.42. The Kier molecular flexibility index (Phi) is 3.15. The van der Waals surface area contributed by atoms with Crippen LogP contribution in [0.3, 0.4) is 0 Å². The molecule has 16 heavy (non-hydrogen) atoms. The van der Waals surface area contributed by atoms with Crippen LogP contribution < -0.4 is 4.74 Å². The van der Waals surface area contributed by atoms with Gasteiger partial charge in [-0.3, -0.25) is 0 Å². The number of rotatable bonds is 2. The van der Waals surface area contributed by atoms with Crippen molar-refractivity contribution in [3.63, 3.8) is 0 Å². The summed E-state index contributed by atoms with van der Waals surface area (Å²) in [5, 5.41) is 1.96. The van der Waals surface area contributed by atoms with Crippen molar-refractivity contribution in [3.8, 4) is 5.88 Å². The monoisotopic (exact) mass is 279 g/mol. The summed E-state index contributed by atoms with van der Waals surface area (Å²) in [5.41, 5.74) is 4.54. The predicted octanol–water partition coefficient (Wildman–Crippen LogP) is 3.76. The highest BCUT2D eigenvalue weighted by Crippen LogP contribution is 2.27. The van der Waals surface area contributed by atoms with Crippen molar-refractivity contribution in [2.45, 2.75) is 19.2 Å². The zero-order valence-electron chi connectivity index (χ0n) is 9.67. The molecule has 84 valence electrons. The summed E-state index contributed by atoms with van der Waals surface area (Å²) in [6.07, 6.45) is 0. The van der Waals surface area contributed by atoms with Crippen LogP contribution in [0.2, 0.25) is 0 Å². The molecule has 1 heterocycles. The SMILES string of the molecule is COc1nc2c(C)ccc(C)c2cc1CBr. The van der Waals surface area contributed by atoms with Gasteiger partial charge in [0, 0.05) is 16.3 Å². The van der Waals surface area contributed by atoms with Gasteiger partial charge in [-0.1, -0.05) is 28.1 Å². The normalized spacial score (nSPS) is 10.8. The average molecular weight is 280 g/mol. The summed E-state index contributed by atoms with van der Waals surface area (Å²) in [6.45, 7) is 4.18. The zero-order valence-corrected chi connectivity index (χ0v) is 11.3. The maximum absolute atomic E-state index is 5.30. The summed E-state index contributed by atoms with van der Waals surface area (Å²) in [6, 6.07) is 6.37. The number of fused-ring (bicyclic) bond motifs is 1. The van der Waals surface area contributed by atoms with E-state index in [1.54, 1.807) is 7.11 Å². The molecule has 0 bridgehead atoms. The Bertz CT molecular complexity index is 488. The fourth-order valence-corrected chi connectivity index (χ4v) is 2.23. The number of halogens is 1. The number of methoxy groups -OCH3 is 1. The second-order valence-electron chi connectivity index (χ2n) is 3.89. The van der Waals surface area contributed by atoms with Gasteiger partial charge in [-0.25, -0.2) is 4.98 Å². The first kappa shape index (κ1) is 11.4. The van der Waals surface area contributed by atoms with E-state index in [1.807, 2.05) is 0 Å². The molecule has 3 heteroatoms. The topological polar surface area (TPSA) is 22.1 Å². The van der Waals surface area contributed by atoms with Crippen molar-refractivity contribution in [2.75, 3.05) is 7.11 Å². The summed E-state index contributed by atoms with van der Waals surface area (Å²) >= 11 is 3.46. The first-order chi connectivity index (χ1) is 7.67. The van der Waals surface area contributed by atoms with E-state index in [0.29, 0.717) is 5.88 Å². The second-order valence-corrected chi connectivity index (χ2v) is 4.45. The third-order valence-corrected chi connectivity index (χ3v) is 3.38. The van der Waals surface area contributed by atoms with Crippen LogP contribution in [0, 0.1) is 13.8 Å². The number of aryl methyl sites for hydroxylation is 2. The van der Waals surface area contributed by atoms with Gasteiger partial charge in [0.05, 0.1) is 12.6 Å². The molecule has 0 spiro atoms. The van der Waals surface area contributed by atoms with Crippen LogP contribution in [-0.4, -0.2) is 12.1 Å². The molecule has 0 unspecified atom stereocenters. The van der Waals surface area contributed by atoms with Crippen molar-refractivity contribution in [1.82, 2.24) is 4.98 Å². The summed E-state index contributed by atoms with van der Waals surface area (Å²) in [5.74, 6) is 0.707. The van der Waals surface area contributed by atoms with E-state index < -0.39 is 0 Å². The summed E-state index contributed by atoms with van der Waals surface area (Å²) in [7, 11) is 1.66. The minimum absolute atomic E-state index is 0.707. The van der Waals surface area contributed by atoms with Gasteiger partial charge in [-0.05, 0) is 31.0 Å². The quantitative estimate of drug-likeness (QED) is 0.781. The summed E-state index contributed by atoms with van der Waals surface area (Å²) in [4.78, 5) is 4.57. The van der Waals surface area contributed by atoms with Crippen molar-refractivity contribution in [1.29, 1.82) is 0 Å². The van der Waals surface area contributed by atoms with Crippen LogP contribution in [0.5, 0.6) is 5.88 Å². The van der Waals surface area contributed by atoms with Gasteiger partial charge in [0.25, 0.3) is 0 Å². The van der Waals surface area contributed by atoms with E-state index in [-0.39, 0.29) is 0 Å². The van der Waals surface area contributed by atoms with Crippen LogP contribution in [0.25, 0.3) is 10.9 Å². The third-order valence-electron chi connectivity index (χ3n) is 2.78. The third kappa shape index (κ3) is 1.80. The zero-order chi connectivity index (χ0) is 11.7.